The van der Waals surface area contributed by atoms with E-state index in [4.69, 9.17) is 4.74 Å². The highest BCUT2D eigenvalue weighted by Gasteiger charge is 2.34. The summed E-state index contributed by atoms with van der Waals surface area (Å²) in [7, 11) is 1.61. The predicted molar refractivity (Wildman–Crippen MR) is 123 cm³/mol. The summed E-state index contributed by atoms with van der Waals surface area (Å²) in [6.07, 6.45) is 7.16. The highest BCUT2D eigenvalue weighted by atomic mass is 16.5. The summed E-state index contributed by atoms with van der Waals surface area (Å²) >= 11 is 0. The number of fused-ring (bicyclic) bond motifs is 1. The number of Topliss-reactive ketones (excluding diaryl/α,β-unsaturated/α-hetero) is 1. The zero-order valence-corrected chi connectivity index (χ0v) is 19.1. The second-order valence-corrected chi connectivity index (χ2v) is 9.45. The number of hydrogen-bond acceptors (Lipinski definition) is 5. The summed E-state index contributed by atoms with van der Waals surface area (Å²) in [4.78, 5) is 38.3. The molecule has 2 aliphatic carbocycles. The molecular formula is C26H31N3O4. The van der Waals surface area contributed by atoms with E-state index in [2.05, 4.69) is 16.7 Å². The summed E-state index contributed by atoms with van der Waals surface area (Å²) in [6, 6.07) is 7.36. The van der Waals surface area contributed by atoms with Gasteiger partial charge in [0, 0.05) is 36.4 Å². The lowest BCUT2D eigenvalue weighted by molar-refractivity contribution is -0.128. The first-order chi connectivity index (χ1) is 16.0. The Morgan fingerprint density at radius 2 is 2.09 bits per heavy atom. The highest BCUT2D eigenvalue weighted by molar-refractivity contribution is 6.03. The average Bonchev–Trinajstić information content (AvgIpc) is 3.53. The molecule has 0 bridgehead atoms. The molecule has 2 fully saturated rings. The Bertz CT molecular complexity index is 1010. The lowest BCUT2D eigenvalue weighted by Crippen LogP contribution is -2.43. The molecule has 3 aliphatic rings. The summed E-state index contributed by atoms with van der Waals surface area (Å²) in [5.41, 5.74) is 2.55. The molecule has 1 aromatic rings. The van der Waals surface area contributed by atoms with Gasteiger partial charge in [-0.3, -0.25) is 14.4 Å². The number of carbonyl (C=O) groups is 3. The van der Waals surface area contributed by atoms with Gasteiger partial charge in [0.05, 0.1) is 25.1 Å². The van der Waals surface area contributed by atoms with Crippen molar-refractivity contribution in [1.82, 2.24) is 10.6 Å². The van der Waals surface area contributed by atoms with Crippen molar-refractivity contribution in [2.75, 3.05) is 13.7 Å². The molecule has 2 N–H and O–H groups in total. The van der Waals surface area contributed by atoms with Crippen molar-refractivity contribution in [3.63, 3.8) is 0 Å². The van der Waals surface area contributed by atoms with E-state index in [-0.39, 0.29) is 29.9 Å². The number of benzene rings is 1. The number of ether oxygens (including phenoxy) is 1. The maximum Gasteiger partial charge on any atom is 0.248 e. The summed E-state index contributed by atoms with van der Waals surface area (Å²) in [5.74, 6) is 0.0383. The predicted octanol–water partition coefficient (Wildman–Crippen LogP) is 2.93. The second kappa shape index (κ2) is 10.2. The number of nitrogens with one attached hydrogen (secondary N) is 2. The number of methoxy groups -OCH3 is 1. The fourth-order valence-corrected chi connectivity index (χ4v) is 4.84. The van der Waals surface area contributed by atoms with Crippen LogP contribution in [0.15, 0.2) is 23.8 Å². The van der Waals surface area contributed by atoms with Gasteiger partial charge in [0.1, 0.15) is 5.75 Å². The molecule has 4 rings (SSSR count). The molecule has 7 nitrogen and oxygen atoms in total. The zero-order chi connectivity index (χ0) is 23.4. The van der Waals surface area contributed by atoms with Gasteiger partial charge in [-0.25, -0.2) is 0 Å². The molecule has 0 spiro atoms. The standard InChI is InChI=1S/C26H31N3O4/c1-33-24-6-2-4-18-13-20(14-21(18)24)26(32)29-22(11-16-7-8-16)23(30)12-17(15-27)10-19-5-3-9-28-25(19)31/h2,4,6,14,16-17,19,22H,3,5,7-13H2,1H3,(H,28,31)(H,29,32)/t17?,19-,22?/m0/s1. The van der Waals surface area contributed by atoms with E-state index in [1.807, 2.05) is 24.3 Å². The summed E-state index contributed by atoms with van der Waals surface area (Å²) in [5, 5.41) is 15.4. The van der Waals surface area contributed by atoms with Crippen molar-refractivity contribution in [2.24, 2.45) is 17.8 Å². The molecule has 1 aliphatic heterocycles. The van der Waals surface area contributed by atoms with Gasteiger partial charge in [0.25, 0.3) is 0 Å². The van der Waals surface area contributed by atoms with E-state index in [0.29, 0.717) is 37.3 Å². The quantitative estimate of drug-likeness (QED) is 0.571. The molecule has 1 saturated carbocycles. The molecule has 2 unspecified atom stereocenters. The minimum atomic E-state index is -0.604. The Morgan fingerprint density at radius 1 is 1.27 bits per heavy atom. The number of amides is 2. The van der Waals surface area contributed by atoms with Gasteiger partial charge in [-0.05, 0) is 49.3 Å². The second-order valence-electron chi connectivity index (χ2n) is 9.45. The third kappa shape index (κ3) is 5.62. The van der Waals surface area contributed by atoms with Crippen LogP contribution in [-0.2, 0) is 20.8 Å². The van der Waals surface area contributed by atoms with Crippen LogP contribution in [0.3, 0.4) is 0 Å². The fraction of sp³-hybridized carbons (Fsp3) is 0.538. The number of rotatable bonds is 10. The van der Waals surface area contributed by atoms with Gasteiger partial charge in [-0.15, -0.1) is 0 Å². The smallest absolute Gasteiger partial charge is 0.248 e. The van der Waals surface area contributed by atoms with Gasteiger partial charge >= 0.3 is 0 Å². The summed E-state index contributed by atoms with van der Waals surface area (Å²) in [6.45, 7) is 0.673. The molecule has 1 saturated heterocycles. The van der Waals surface area contributed by atoms with Crippen LogP contribution in [0.4, 0.5) is 0 Å². The third-order valence-corrected chi connectivity index (χ3v) is 6.93. The number of nitrogens with zero attached hydrogens (tertiary/aromatic N) is 1. The van der Waals surface area contributed by atoms with E-state index in [0.717, 1.165) is 42.6 Å². The molecule has 0 radical (unpaired) electrons. The van der Waals surface area contributed by atoms with Crippen molar-refractivity contribution in [3.05, 3.63) is 34.9 Å². The number of piperidine rings is 1. The lowest BCUT2D eigenvalue weighted by Gasteiger charge is -2.24. The first-order valence-corrected chi connectivity index (χ1v) is 11.9. The average molecular weight is 450 g/mol. The lowest BCUT2D eigenvalue weighted by atomic mass is 9.85. The Kier molecular flexibility index (Phi) is 7.12. The van der Waals surface area contributed by atoms with Gasteiger partial charge in [0.2, 0.25) is 11.8 Å². The van der Waals surface area contributed by atoms with Crippen molar-refractivity contribution in [1.29, 1.82) is 5.26 Å². The number of hydrogen-bond donors (Lipinski definition) is 2. The Morgan fingerprint density at radius 3 is 2.79 bits per heavy atom. The molecular weight excluding hydrogens is 418 g/mol. The Balaban J connectivity index is 1.40. The largest absolute Gasteiger partial charge is 0.496 e. The maximum absolute atomic E-state index is 13.2. The van der Waals surface area contributed by atoms with Crippen molar-refractivity contribution < 1.29 is 19.1 Å². The van der Waals surface area contributed by atoms with Crippen molar-refractivity contribution >= 4 is 23.7 Å². The molecule has 1 aromatic carbocycles. The first-order valence-electron chi connectivity index (χ1n) is 11.9. The number of carbonyl (C=O) groups excluding carboxylic acids is 3. The minimum absolute atomic E-state index is 0.0278. The first kappa shape index (κ1) is 23.0. The molecule has 174 valence electrons. The van der Waals surface area contributed by atoms with Gasteiger partial charge in [-0.1, -0.05) is 25.0 Å². The highest BCUT2D eigenvalue weighted by Crippen LogP contribution is 2.35. The van der Waals surface area contributed by atoms with Crippen LogP contribution in [-0.4, -0.2) is 37.3 Å². The maximum atomic E-state index is 13.2. The van der Waals surface area contributed by atoms with Crippen LogP contribution in [0, 0.1) is 29.1 Å². The molecule has 33 heavy (non-hydrogen) atoms. The van der Waals surface area contributed by atoms with Crippen LogP contribution >= 0.6 is 0 Å². The fourth-order valence-electron chi connectivity index (χ4n) is 4.84. The molecule has 1 heterocycles. The van der Waals surface area contributed by atoms with E-state index < -0.39 is 12.0 Å². The van der Waals surface area contributed by atoms with Crippen LogP contribution in [0.1, 0.15) is 56.1 Å². The number of nitriles is 1. The van der Waals surface area contributed by atoms with Crippen LogP contribution in [0.25, 0.3) is 6.08 Å². The topological polar surface area (TPSA) is 108 Å². The van der Waals surface area contributed by atoms with Crippen molar-refractivity contribution in [3.8, 4) is 11.8 Å². The van der Waals surface area contributed by atoms with E-state index in [1.165, 1.54) is 0 Å². The van der Waals surface area contributed by atoms with E-state index in [1.54, 1.807) is 7.11 Å². The molecule has 2 amide bonds. The Labute approximate surface area is 194 Å². The molecule has 0 aromatic heterocycles. The SMILES string of the molecule is COc1cccc2c1C=C(C(=O)NC(CC1CC1)C(=O)CC(C#N)C[C@@H]1CCCNC1=O)C2. The van der Waals surface area contributed by atoms with Gasteiger partial charge < -0.3 is 15.4 Å². The van der Waals surface area contributed by atoms with E-state index >= 15 is 0 Å². The zero-order valence-electron chi connectivity index (χ0n) is 19.1. The van der Waals surface area contributed by atoms with Gasteiger partial charge in [0.15, 0.2) is 5.78 Å². The third-order valence-electron chi connectivity index (χ3n) is 6.93. The normalized spacial score (nSPS) is 21.2. The summed E-state index contributed by atoms with van der Waals surface area (Å²) < 4.78 is 5.40. The van der Waals surface area contributed by atoms with Crippen LogP contribution in [0.5, 0.6) is 5.75 Å². The van der Waals surface area contributed by atoms with Gasteiger partial charge in [-0.2, -0.15) is 5.26 Å². The molecule has 7 heteroatoms. The minimum Gasteiger partial charge on any atom is -0.496 e. The monoisotopic (exact) mass is 449 g/mol. The Hall–Kier alpha value is -3.14. The van der Waals surface area contributed by atoms with Crippen LogP contribution in [0.2, 0.25) is 0 Å². The number of ketones is 1. The van der Waals surface area contributed by atoms with Crippen LogP contribution < -0.4 is 15.4 Å². The molecule has 3 atom stereocenters. The van der Waals surface area contributed by atoms with E-state index in [9.17, 15) is 19.6 Å². The van der Waals surface area contributed by atoms with Crippen molar-refractivity contribution in [2.45, 2.75) is 57.4 Å².